The first kappa shape index (κ1) is 24.1. The molecule has 0 aromatic carbocycles. The first-order chi connectivity index (χ1) is 1.73. The van der Waals surface area contributed by atoms with Crippen LogP contribution >= 0.6 is 0 Å². The second-order valence-electron chi connectivity index (χ2n) is 0.250. The van der Waals surface area contributed by atoms with Gasteiger partial charge in [0.1, 0.15) is 0 Å². The molecule has 7 heavy (non-hydrogen) atoms. The van der Waals surface area contributed by atoms with Crippen molar-refractivity contribution in [3.63, 3.8) is 0 Å². The summed E-state index contributed by atoms with van der Waals surface area (Å²) in [6, 6.07) is 0. The van der Waals surface area contributed by atoms with Gasteiger partial charge in [-0.05, 0) is 6.16 Å². The fourth-order valence-electron chi connectivity index (χ4n) is 0. The Bertz CT molecular complexity index is 35.9. The van der Waals surface area contributed by atoms with Crippen LogP contribution in [-0.4, -0.2) is 43.9 Å². The average Bonchev–Trinajstić information content (AvgIpc) is 0.811. The van der Waals surface area contributed by atoms with Crippen LogP contribution in [-0.2, 0) is 20.4 Å². The van der Waals surface area contributed by atoms with Crippen LogP contribution in [0.15, 0.2) is 0 Å². The molecule has 38 valence electrons. The van der Waals surface area contributed by atoms with E-state index >= 15 is 0 Å². The first-order valence-electron chi connectivity index (χ1n) is 0.612. The van der Waals surface area contributed by atoms with E-state index < -0.39 is 6.16 Å². The van der Waals surface area contributed by atoms with E-state index in [0.717, 1.165) is 0 Å². The molecular weight excluding hydrogens is 219 g/mol. The van der Waals surface area contributed by atoms with Crippen molar-refractivity contribution < 1.29 is 35.4 Å². The molecule has 0 aliphatic heterocycles. The molecule has 0 unspecified atom stereocenters. The predicted octanol–water partition coefficient (Wildman–Crippen LogP) is -2.75. The molecule has 4 radical (unpaired) electrons. The Kier molecular flexibility index (Phi) is 54.1. The summed E-state index contributed by atoms with van der Waals surface area (Å²) < 4.78 is 0. The number of rotatable bonds is 0. The van der Waals surface area contributed by atoms with E-state index in [1.165, 1.54) is 0 Å². The molecule has 0 aliphatic rings. The number of hydrogen-bond donors (Lipinski definition) is 0. The van der Waals surface area contributed by atoms with E-state index in [0.29, 0.717) is 0 Å². The van der Waals surface area contributed by atoms with Crippen molar-refractivity contribution in [2.75, 3.05) is 0 Å². The maximum Gasteiger partial charge on any atom is 2.00 e. The molecule has 0 aromatic heterocycles. The first-order valence-corrected chi connectivity index (χ1v) is 0.612. The Morgan fingerprint density at radius 3 is 1.29 bits per heavy atom. The normalized spacial score (nSPS) is 3.43. The van der Waals surface area contributed by atoms with Crippen LogP contribution in [0.4, 0.5) is 4.79 Å². The third-order valence-electron chi connectivity index (χ3n) is 0. The van der Waals surface area contributed by atoms with Crippen molar-refractivity contribution in [1.29, 1.82) is 0 Å². The Labute approximate surface area is 85.8 Å². The smallest absolute Gasteiger partial charge is 0.652 e. The minimum absolute atomic E-state index is 0. The SMILES string of the molecule is O=C([O-])[O-].[C].[Ca+2].[Pd]. The van der Waals surface area contributed by atoms with Gasteiger partial charge in [0, 0.05) is 27.8 Å². The number of carbonyl (C=O) groups is 1. The second-order valence-corrected chi connectivity index (χ2v) is 0.250. The van der Waals surface area contributed by atoms with Crippen LogP contribution in [0, 0.1) is 7.43 Å². The van der Waals surface area contributed by atoms with Gasteiger partial charge in [0.05, 0.1) is 0 Å². The molecular formula is C2CaO3Pd. The standard InChI is InChI=1S/CH2O3.C.Ca.Pd/c2-1(3)4;;;/h(H2,2,3,4);;;/q;;+2;/p-2. The van der Waals surface area contributed by atoms with Gasteiger partial charge in [-0.2, -0.15) is 0 Å². The monoisotopic (exact) mass is 218 g/mol. The molecule has 0 N–H and O–H groups in total. The summed E-state index contributed by atoms with van der Waals surface area (Å²) >= 11 is 0. The third kappa shape index (κ3) is 136. The Balaban J connectivity index is -0.0000000150. The van der Waals surface area contributed by atoms with Crippen LogP contribution in [0.3, 0.4) is 0 Å². The summed E-state index contributed by atoms with van der Waals surface area (Å²) in [6.45, 7) is 0. The zero-order chi connectivity index (χ0) is 3.58. The van der Waals surface area contributed by atoms with Crippen molar-refractivity contribution >= 4 is 43.9 Å². The quantitative estimate of drug-likeness (QED) is 0.414. The van der Waals surface area contributed by atoms with Crippen LogP contribution < -0.4 is 10.2 Å². The number of carboxylic acid groups (broad SMARTS) is 2. The summed E-state index contributed by atoms with van der Waals surface area (Å²) in [4.78, 5) is 8.33. The summed E-state index contributed by atoms with van der Waals surface area (Å²) in [5.74, 6) is 0. The molecule has 0 rings (SSSR count). The van der Waals surface area contributed by atoms with Crippen molar-refractivity contribution in [3.05, 3.63) is 7.43 Å². The molecule has 0 saturated heterocycles. The molecule has 0 bridgehead atoms. The summed E-state index contributed by atoms with van der Waals surface area (Å²) in [6.07, 6.45) is -2.33. The maximum atomic E-state index is 8.33. The third-order valence-corrected chi connectivity index (χ3v) is 0. The van der Waals surface area contributed by atoms with Gasteiger partial charge >= 0.3 is 37.7 Å². The molecule has 0 heterocycles. The fourth-order valence-corrected chi connectivity index (χ4v) is 0. The van der Waals surface area contributed by atoms with Crippen molar-refractivity contribution in [3.8, 4) is 0 Å². The molecule has 0 fully saturated rings. The topological polar surface area (TPSA) is 63.2 Å². The van der Waals surface area contributed by atoms with Crippen molar-refractivity contribution in [2.45, 2.75) is 0 Å². The molecule has 3 nitrogen and oxygen atoms in total. The molecule has 0 saturated carbocycles. The largest absolute Gasteiger partial charge is 2.00 e. The summed E-state index contributed by atoms with van der Waals surface area (Å²) in [5.41, 5.74) is 0. The van der Waals surface area contributed by atoms with Gasteiger partial charge < -0.3 is 15.0 Å². The van der Waals surface area contributed by atoms with Crippen LogP contribution in [0.5, 0.6) is 0 Å². The molecule has 0 aliphatic carbocycles. The van der Waals surface area contributed by atoms with Crippen LogP contribution in [0.25, 0.3) is 0 Å². The molecule has 0 aromatic rings. The van der Waals surface area contributed by atoms with Gasteiger partial charge in [0.2, 0.25) is 0 Å². The van der Waals surface area contributed by atoms with E-state index in [-0.39, 0.29) is 65.6 Å². The summed E-state index contributed by atoms with van der Waals surface area (Å²) in [5, 5.41) is 16.7. The van der Waals surface area contributed by atoms with E-state index in [9.17, 15) is 0 Å². The van der Waals surface area contributed by atoms with Crippen molar-refractivity contribution in [1.82, 2.24) is 0 Å². The van der Waals surface area contributed by atoms with Gasteiger partial charge in [-0.15, -0.1) is 0 Å². The van der Waals surface area contributed by atoms with E-state index in [1.807, 2.05) is 0 Å². The maximum absolute atomic E-state index is 8.33. The van der Waals surface area contributed by atoms with Crippen molar-refractivity contribution in [2.24, 2.45) is 0 Å². The van der Waals surface area contributed by atoms with Crippen LogP contribution in [0.1, 0.15) is 0 Å². The van der Waals surface area contributed by atoms with E-state index in [1.54, 1.807) is 0 Å². The minimum Gasteiger partial charge on any atom is -0.652 e. The Morgan fingerprint density at radius 2 is 1.29 bits per heavy atom. The van der Waals surface area contributed by atoms with Gasteiger partial charge in [-0.25, -0.2) is 0 Å². The Hall–Kier alpha value is 1.19. The fraction of sp³-hybridized carbons (Fsp3) is 0. The van der Waals surface area contributed by atoms with E-state index in [2.05, 4.69) is 0 Å². The van der Waals surface area contributed by atoms with Gasteiger partial charge in [-0.3, -0.25) is 0 Å². The molecule has 5 heteroatoms. The number of hydrogen-bond acceptors (Lipinski definition) is 3. The summed E-state index contributed by atoms with van der Waals surface area (Å²) in [7, 11) is 0. The van der Waals surface area contributed by atoms with Crippen LogP contribution in [0.2, 0.25) is 0 Å². The molecule has 0 atom stereocenters. The van der Waals surface area contributed by atoms with E-state index in [4.69, 9.17) is 15.0 Å². The van der Waals surface area contributed by atoms with Gasteiger partial charge in [0.15, 0.2) is 0 Å². The minimum atomic E-state index is -2.33. The predicted molar refractivity (Wildman–Crippen MR) is 14.4 cm³/mol. The van der Waals surface area contributed by atoms with Gasteiger partial charge in [0.25, 0.3) is 0 Å². The second kappa shape index (κ2) is 15.7. The average molecular weight is 219 g/mol. The Morgan fingerprint density at radius 1 is 1.29 bits per heavy atom. The zero-order valence-corrected chi connectivity index (χ0v) is 7.01. The molecule has 0 amide bonds. The number of carbonyl (C=O) groups excluding carboxylic acids is 1. The zero-order valence-electron chi connectivity index (χ0n) is 3.25. The van der Waals surface area contributed by atoms with Gasteiger partial charge in [-0.1, -0.05) is 0 Å². The molecule has 0 spiro atoms.